The van der Waals surface area contributed by atoms with Crippen molar-refractivity contribution in [1.82, 2.24) is 15.5 Å². The number of hydrogen-bond acceptors (Lipinski definition) is 4. The van der Waals surface area contributed by atoms with E-state index in [1.807, 2.05) is 6.07 Å². The Hall–Kier alpha value is -0.680. The van der Waals surface area contributed by atoms with Crippen LogP contribution in [0.4, 0.5) is 0 Å². The van der Waals surface area contributed by atoms with Crippen LogP contribution in [0.3, 0.4) is 0 Å². The lowest BCUT2D eigenvalue weighted by molar-refractivity contribution is 0.637. The number of aromatic nitrogens is 2. The minimum atomic E-state index is 0.654. The molecule has 1 aromatic heterocycles. The van der Waals surface area contributed by atoms with E-state index >= 15 is 0 Å². The summed E-state index contributed by atoms with van der Waals surface area (Å²) in [5, 5.41) is 15.0. The third kappa shape index (κ3) is 4.42. The maximum absolute atomic E-state index is 6.17. The Morgan fingerprint density at radius 3 is 2.85 bits per heavy atom. The van der Waals surface area contributed by atoms with Crippen molar-refractivity contribution in [2.24, 2.45) is 0 Å². The first-order valence-corrected chi connectivity index (χ1v) is 8.26. The second-order valence-corrected chi connectivity index (χ2v) is 6.38. The normalized spacial score (nSPS) is 10.9. The van der Waals surface area contributed by atoms with Crippen molar-refractivity contribution in [1.29, 1.82) is 0 Å². The highest BCUT2D eigenvalue weighted by molar-refractivity contribution is 7.14. The average Bonchev–Trinajstić information content (AvgIpc) is 2.90. The van der Waals surface area contributed by atoms with Gasteiger partial charge in [0, 0.05) is 17.0 Å². The van der Waals surface area contributed by atoms with E-state index in [9.17, 15) is 0 Å². The van der Waals surface area contributed by atoms with Crippen LogP contribution in [0.1, 0.15) is 24.8 Å². The Bertz CT molecular complexity index is 557. The van der Waals surface area contributed by atoms with Crippen LogP contribution in [0.15, 0.2) is 18.2 Å². The van der Waals surface area contributed by atoms with Crippen LogP contribution in [-0.4, -0.2) is 23.3 Å². The van der Waals surface area contributed by atoms with Crippen molar-refractivity contribution in [2.45, 2.75) is 26.2 Å². The molecule has 0 radical (unpaired) electrons. The number of nitrogens with one attached hydrogen (secondary N) is 1. The fourth-order valence-corrected chi connectivity index (χ4v) is 3.14. The molecule has 1 heterocycles. The highest BCUT2D eigenvalue weighted by Crippen LogP contribution is 2.32. The molecule has 6 heteroatoms. The van der Waals surface area contributed by atoms with Crippen LogP contribution in [-0.2, 0) is 6.42 Å². The van der Waals surface area contributed by atoms with Crippen LogP contribution >= 0.6 is 34.5 Å². The van der Waals surface area contributed by atoms with E-state index in [2.05, 4.69) is 22.4 Å². The van der Waals surface area contributed by atoms with Gasteiger partial charge in [0.05, 0.1) is 5.02 Å². The molecular formula is C14H17Cl2N3S. The first-order valence-electron chi connectivity index (χ1n) is 6.69. The van der Waals surface area contributed by atoms with E-state index in [1.54, 1.807) is 23.5 Å². The van der Waals surface area contributed by atoms with Gasteiger partial charge in [-0.2, -0.15) is 0 Å². The predicted octanol–water partition coefficient (Wildman–Crippen LogP) is 4.44. The van der Waals surface area contributed by atoms with Crippen LogP contribution in [0.25, 0.3) is 10.6 Å². The van der Waals surface area contributed by atoms with Gasteiger partial charge in [0.25, 0.3) is 0 Å². The van der Waals surface area contributed by atoms with E-state index in [1.165, 1.54) is 0 Å². The molecule has 2 rings (SSSR count). The molecular weight excluding hydrogens is 313 g/mol. The lowest BCUT2D eigenvalue weighted by Gasteiger charge is -2.00. The predicted molar refractivity (Wildman–Crippen MR) is 86.8 cm³/mol. The molecule has 1 N–H and O–H groups in total. The molecule has 0 unspecified atom stereocenters. The van der Waals surface area contributed by atoms with E-state index in [4.69, 9.17) is 23.2 Å². The summed E-state index contributed by atoms with van der Waals surface area (Å²) in [6, 6.07) is 5.39. The molecule has 0 bridgehead atoms. The molecule has 0 spiro atoms. The first kappa shape index (κ1) is 15.7. The molecule has 0 atom stereocenters. The molecule has 3 nitrogen and oxygen atoms in total. The molecule has 20 heavy (non-hydrogen) atoms. The highest BCUT2D eigenvalue weighted by Gasteiger charge is 2.10. The topological polar surface area (TPSA) is 37.8 Å². The zero-order chi connectivity index (χ0) is 14.4. The third-order valence-electron chi connectivity index (χ3n) is 2.80. The fraction of sp³-hybridized carbons (Fsp3) is 0.429. The molecule has 108 valence electrons. The number of aryl methyl sites for hydroxylation is 1. The third-order valence-corrected chi connectivity index (χ3v) is 4.38. The smallest absolute Gasteiger partial charge is 0.149 e. The summed E-state index contributed by atoms with van der Waals surface area (Å²) in [5.41, 5.74) is 0.854. The van der Waals surface area contributed by atoms with Gasteiger partial charge in [-0.1, -0.05) is 41.5 Å². The number of rotatable bonds is 7. The largest absolute Gasteiger partial charge is 0.317 e. The molecule has 0 saturated carbocycles. The zero-order valence-electron chi connectivity index (χ0n) is 11.3. The molecule has 0 saturated heterocycles. The Morgan fingerprint density at radius 1 is 1.20 bits per heavy atom. The lowest BCUT2D eigenvalue weighted by Crippen LogP contribution is -2.16. The molecule has 0 aliphatic rings. The van der Waals surface area contributed by atoms with E-state index in [0.717, 1.165) is 47.9 Å². The Balaban J connectivity index is 1.96. The van der Waals surface area contributed by atoms with Crippen molar-refractivity contribution in [3.63, 3.8) is 0 Å². The fourth-order valence-electron chi connectivity index (χ4n) is 1.79. The Labute approximate surface area is 133 Å². The van der Waals surface area contributed by atoms with Crippen molar-refractivity contribution in [3.05, 3.63) is 33.3 Å². The average molecular weight is 330 g/mol. The quantitative estimate of drug-likeness (QED) is 0.763. The summed E-state index contributed by atoms with van der Waals surface area (Å²) in [5.74, 6) is 0. The van der Waals surface area contributed by atoms with Gasteiger partial charge in [-0.15, -0.1) is 10.2 Å². The van der Waals surface area contributed by atoms with Crippen LogP contribution < -0.4 is 5.32 Å². The highest BCUT2D eigenvalue weighted by atomic mass is 35.5. The summed E-state index contributed by atoms with van der Waals surface area (Å²) in [6.45, 7) is 4.25. The van der Waals surface area contributed by atoms with Crippen molar-refractivity contribution in [3.8, 4) is 10.6 Å². The van der Waals surface area contributed by atoms with Crippen molar-refractivity contribution in [2.75, 3.05) is 13.1 Å². The minimum Gasteiger partial charge on any atom is -0.317 e. The van der Waals surface area contributed by atoms with Crippen LogP contribution in [0.5, 0.6) is 0 Å². The monoisotopic (exact) mass is 329 g/mol. The molecule has 0 aliphatic heterocycles. The summed E-state index contributed by atoms with van der Waals surface area (Å²) in [4.78, 5) is 0. The van der Waals surface area contributed by atoms with Crippen LogP contribution in [0, 0.1) is 0 Å². The van der Waals surface area contributed by atoms with Gasteiger partial charge in [0.1, 0.15) is 10.0 Å². The molecule has 1 aromatic carbocycles. The van der Waals surface area contributed by atoms with Gasteiger partial charge >= 0.3 is 0 Å². The zero-order valence-corrected chi connectivity index (χ0v) is 13.7. The summed E-state index contributed by atoms with van der Waals surface area (Å²) in [7, 11) is 0. The van der Waals surface area contributed by atoms with E-state index in [0.29, 0.717) is 10.0 Å². The second kappa shape index (κ2) is 7.93. The Kier molecular flexibility index (Phi) is 6.23. The maximum atomic E-state index is 6.17. The second-order valence-electron chi connectivity index (χ2n) is 4.48. The Morgan fingerprint density at radius 2 is 2.05 bits per heavy atom. The number of halogens is 2. The van der Waals surface area contributed by atoms with E-state index < -0.39 is 0 Å². The maximum Gasteiger partial charge on any atom is 0.149 e. The van der Waals surface area contributed by atoms with E-state index in [-0.39, 0.29) is 0 Å². The number of hydrogen-bond donors (Lipinski definition) is 1. The van der Waals surface area contributed by atoms with Gasteiger partial charge in [0.2, 0.25) is 0 Å². The molecule has 2 aromatic rings. The minimum absolute atomic E-state index is 0.654. The summed E-state index contributed by atoms with van der Waals surface area (Å²) in [6.07, 6.45) is 3.17. The van der Waals surface area contributed by atoms with Gasteiger partial charge in [-0.05, 0) is 44.1 Å². The van der Waals surface area contributed by atoms with Crippen molar-refractivity contribution < 1.29 is 0 Å². The van der Waals surface area contributed by atoms with Gasteiger partial charge in [-0.3, -0.25) is 0 Å². The number of nitrogens with zero attached hydrogens (tertiary/aromatic N) is 2. The standard InChI is InChI=1S/C14H17Cl2N3S/c1-2-7-17-8-3-4-13-18-19-14(20-13)11-9-10(15)5-6-12(11)16/h5-6,9,17H,2-4,7-8H2,1H3. The number of benzene rings is 1. The molecule has 0 fully saturated rings. The summed E-state index contributed by atoms with van der Waals surface area (Å²) < 4.78 is 0. The lowest BCUT2D eigenvalue weighted by atomic mass is 10.2. The molecule has 0 aliphatic carbocycles. The van der Waals surface area contributed by atoms with Gasteiger partial charge < -0.3 is 5.32 Å². The summed E-state index contributed by atoms with van der Waals surface area (Å²) >= 11 is 13.7. The van der Waals surface area contributed by atoms with Crippen molar-refractivity contribution >= 4 is 34.5 Å². The molecule has 0 amide bonds. The van der Waals surface area contributed by atoms with Gasteiger partial charge in [-0.25, -0.2) is 0 Å². The SMILES string of the molecule is CCCNCCCc1nnc(-c2cc(Cl)ccc2Cl)s1. The van der Waals surface area contributed by atoms with Gasteiger partial charge in [0.15, 0.2) is 0 Å². The van der Waals surface area contributed by atoms with Crippen LogP contribution in [0.2, 0.25) is 10.0 Å². The first-order chi connectivity index (χ1) is 9.70.